The molecule has 0 saturated heterocycles. The molecule has 0 aliphatic rings. The Morgan fingerprint density at radius 2 is 1.76 bits per heavy atom. The zero-order valence-corrected chi connectivity index (χ0v) is 10.9. The number of hydrogen-bond acceptors (Lipinski definition) is 3. The molecule has 1 aromatic carbocycles. The van der Waals surface area contributed by atoms with Gasteiger partial charge in [0.1, 0.15) is 5.82 Å². The van der Waals surface area contributed by atoms with Gasteiger partial charge < -0.3 is 5.11 Å². The number of rotatable bonds is 3. The number of carbonyl (C=O) groups is 2. The molecule has 0 spiro atoms. The molecule has 0 atom stereocenters. The molecule has 1 N–H and O–H groups in total. The van der Waals surface area contributed by atoms with Crippen molar-refractivity contribution in [1.29, 1.82) is 0 Å². The van der Waals surface area contributed by atoms with Gasteiger partial charge in [-0.3, -0.25) is 9.69 Å². The van der Waals surface area contributed by atoms with E-state index in [-0.39, 0.29) is 5.82 Å². The number of carboxylic acid groups (broad SMARTS) is 1. The highest BCUT2D eigenvalue weighted by atomic mass is 19.2. The van der Waals surface area contributed by atoms with Crippen LogP contribution in [0.25, 0.3) is 0 Å². The molecule has 0 unspecified atom stereocenters. The first-order chi connectivity index (χ1) is 9.91. The first kappa shape index (κ1) is 14.6. The van der Waals surface area contributed by atoms with Gasteiger partial charge >= 0.3 is 5.97 Å². The van der Waals surface area contributed by atoms with Crippen LogP contribution >= 0.6 is 0 Å². The third-order valence-electron chi connectivity index (χ3n) is 2.82. The van der Waals surface area contributed by atoms with Gasteiger partial charge in [-0.25, -0.2) is 18.6 Å². The molecular formula is C14H10F2N2O3. The van der Waals surface area contributed by atoms with E-state index < -0.39 is 34.6 Å². The van der Waals surface area contributed by atoms with Gasteiger partial charge in [-0.05, 0) is 24.3 Å². The minimum absolute atomic E-state index is 0.253. The number of pyridine rings is 1. The summed E-state index contributed by atoms with van der Waals surface area (Å²) in [6.45, 7) is 0. The normalized spacial score (nSPS) is 10.2. The fraction of sp³-hybridized carbons (Fsp3) is 0.0714. The first-order valence-corrected chi connectivity index (χ1v) is 5.83. The molecule has 108 valence electrons. The number of nitrogens with zero attached hydrogens (tertiary/aromatic N) is 2. The minimum Gasteiger partial charge on any atom is -0.478 e. The van der Waals surface area contributed by atoms with Crippen LogP contribution in [0.2, 0.25) is 0 Å². The molecule has 21 heavy (non-hydrogen) atoms. The van der Waals surface area contributed by atoms with Crippen LogP contribution in [0.15, 0.2) is 36.5 Å². The van der Waals surface area contributed by atoms with Crippen LogP contribution in [0.3, 0.4) is 0 Å². The van der Waals surface area contributed by atoms with Gasteiger partial charge in [0.2, 0.25) is 0 Å². The number of carboxylic acids is 1. The molecule has 1 heterocycles. The fourth-order valence-electron chi connectivity index (χ4n) is 1.74. The molecule has 1 amide bonds. The average Bonchev–Trinajstić information content (AvgIpc) is 2.48. The van der Waals surface area contributed by atoms with Crippen molar-refractivity contribution < 1.29 is 23.5 Å². The highest BCUT2D eigenvalue weighted by Crippen LogP contribution is 2.19. The van der Waals surface area contributed by atoms with E-state index in [0.29, 0.717) is 12.1 Å². The topological polar surface area (TPSA) is 70.5 Å². The molecule has 0 radical (unpaired) electrons. The SMILES string of the molecule is CN(C(=O)c1cc(F)c(F)cc1C(=O)O)c1ccccn1. The molecule has 1 aromatic heterocycles. The van der Waals surface area contributed by atoms with Gasteiger partial charge in [-0.2, -0.15) is 0 Å². The van der Waals surface area contributed by atoms with E-state index in [9.17, 15) is 18.4 Å². The van der Waals surface area contributed by atoms with Crippen molar-refractivity contribution >= 4 is 17.7 Å². The maximum atomic E-state index is 13.3. The van der Waals surface area contributed by atoms with Crippen molar-refractivity contribution in [3.63, 3.8) is 0 Å². The third kappa shape index (κ3) is 2.86. The van der Waals surface area contributed by atoms with E-state index >= 15 is 0 Å². The van der Waals surface area contributed by atoms with Crippen molar-refractivity contribution in [2.45, 2.75) is 0 Å². The Labute approximate surface area is 118 Å². The average molecular weight is 292 g/mol. The Kier molecular flexibility index (Phi) is 3.93. The van der Waals surface area contributed by atoms with E-state index in [1.807, 2.05) is 0 Å². The smallest absolute Gasteiger partial charge is 0.336 e. The first-order valence-electron chi connectivity index (χ1n) is 5.83. The lowest BCUT2D eigenvalue weighted by Gasteiger charge is -2.17. The van der Waals surface area contributed by atoms with Gasteiger partial charge in [0.25, 0.3) is 5.91 Å². The molecule has 2 aromatic rings. The monoisotopic (exact) mass is 292 g/mol. The van der Waals surface area contributed by atoms with Crippen molar-refractivity contribution in [2.75, 3.05) is 11.9 Å². The van der Waals surface area contributed by atoms with E-state index in [4.69, 9.17) is 5.11 Å². The summed E-state index contributed by atoms with van der Waals surface area (Å²) in [4.78, 5) is 28.3. The van der Waals surface area contributed by atoms with Crippen LogP contribution in [-0.4, -0.2) is 29.0 Å². The van der Waals surface area contributed by atoms with Crippen molar-refractivity contribution in [1.82, 2.24) is 4.98 Å². The molecule has 5 nitrogen and oxygen atoms in total. The number of aromatic carboxylic acids is 1. The molecule has 2 rings (SSSR count). The minimum atomic E-state index is -1.52. The summed E-state index contributed by atoms with van der Waals surface area (Å²) >= 11 is 0. The lowest BCUT2D eigenvalue weighted by Crippen LogP contribution is -2.29. The molecule has 0 aliphatic carbocycles. The maximum Gasteiger partial charge on any atom is 0.336 e. The standard InChI is InChI=1S/C14H10F2N2O3/c1-18(12-4-2-3-5-17-12)13(19)8-6-10(15)11(16)7-9(8)14(20)21/h2-7H,1H3,(H,20,21). The van der Waals surface area contributed by atoms with Gasteiger partial charge in [-0.1, -0.05) is 6.07 Å². The highest BCUT2D eigenvalue weighted by molar-refractivity contribution is 6.11. The second-order valence-corrected chi connectivity index (χ2v) is 4.17. The predicted molar refractivity (Wildman–Crippen MR) is 70.3 cm³/mol. The number of amides is 1. The number of halogens is 2. The highest BCUT2D eigenvalue weighted by Gasteiger charge is 2.23. The number of carbonyl (C=O) groups excluding carboxylic acids is 1. The van der Waals surface area contributed by atoms with Gasteiger partial charge in [0.15, 0.2) is 11.6 Å². The summed E-state index contributed by atoms with van der Waals surface area (Å²) in [6.07, 6.45) is 1.45. The van der Waals surface area contributed by atoms with Gasteiger partial charge in [-0.15, -0.1) is 0 Å². The van der Waals surface area contributed by atoms with Crippen molar-refractivity contribution in [3.8, 4) is 0 Å². The van der Waals surface area contributed by atoms with E-state index in [0.717, 1.165) is 4.90 Å². The summed E-state index contributed by atoms with van der Waals surface area (Å²) in [6, 6.07) is 5.85. The number of aromatic nitrogens is 1. The third-order valence-corrected chi connectivity index (χ3v) is 2.82. The van der Waals surface area contributed by atoms with Gasteiger partial charge in [0.05, 0.1) is 11.1 Å². The Hall–Kier alpha value is -2.83. The van der Waals surface area contributed by atoms with Crippen LogP contribution in [0, 0.1) is 11.6 Å². The summed E-state index contributed by atoms with van der Waals surface area (Å²) in [5, 5.41) is 9.01. The second-order valence-electron chi connectivity index (χ2n) is 4.17. The predicted octanol–water partition coefficient (Wildman–Crippen LogP) is 2.33. The molecule has 7 heteroatoms. The van der Waals surface area contributed by atoms with E-state index in [1.54, 1.807) is 12.1 Å². The van der Waals surface area contributed by atoms with E-state index in [2.05, 4.69) is 4.98 Å². The lowest BCUT2D eigenvalue weighted by molar-refractivity contribution is 0.0691. The number of benzene rings is 1. The number of anilines is 1. The molecular weight excluding hydrogens is 282 g/mol. The summed E-state index contributed by atoms with van der Waals surface area (Å²) in [5.74, 6) is -4.69. The quantitative estimate of drug-likeness (QED) is 0.942. The van der Waals surface area contributed by atoms with Crippen LogP contribution in [0.4, 0.5) is 14.6 Å². The molecule has 0 bridgehead atoms. The van der Waals surface area contributed by atoms with Crippen LogP contribution in [-0.2, 0) is 0 Å². The second kappa shape index (κ2) is 5.66. The molecule has 0 saturated carbocycles. The van der Waals surface area contributed by atoms with Crippen LogP contribution < -0.4 is 4.90 Å². The summed E-state index contributed by atoms with van der Waals surface area (Å²) in [7, 11) is 1.36. The van der Waals surface area contributed by atoms with Crippen molar-refractivity contribution in [2.24, 2.45) is 0 Å². The zero-order chi connectivity index (χ0) is 15.6. The fourth-order valence-corrected chi connectivity index (χ4v) is 1.74. The summed E-state index contributed by atoms with van der Waals surface area (Å²) in [5.41, 5.74) is -1.06. The number of hydrogen-bond donors (Lipinski definition) is 1. The van der Waals surface area contributed by atoms with Gasteiger partial charge in [0, 0.05) is 13.2 Å². The Bertz CT molecular complexity index is 705. The lowest BCUT2D eigenvalue weighted by atomic mass is 10.1. The van der Waals surface area contributed by atoms with E-state index in [1.165, 1.54) is 19.3 Å². The van der Waals surface area contributed by atoms with Crippen LogP contribution in [0.5, 0.6) is 0 Å². The van der Waals surface area contributed by atoms with Crippen molar-refractivity contribution in [3.05, 3.63) is 59.3 Å². The Morgan fingerprint density at radius 3 is 2.29 bits per heavy atom. The zero-order valence-electron chi connectivity index (χ0n) is 10.9. The molecule has 0 aliphatic heterocycles. The maximum absolute atomic E-state index is 13.3. The van der Waals surface area contributed by atoms with Crippen LogP contribution in [0.1, 0.15) is 20.7 Å². The summed E-state index contributed by atoms with van der Waals surface area (Å²) < 4.78 is 26.4. The Morgan fingerprint density at radius 1 is 1.14 bits per heavy atom. The molecule has 0 fully saturated rings. The Balaban J connectivity index is 2.48. The largest absolute Gasteiger partial charge is 0.478 e.